The molecule has 4 aromatic rings. The van der Waals surface area contributed by atoms with Crippen molar-refractivity contribution in [1.82, 2.24) is 39.3 Å². The molecule has 1 unspecified atom stereocenters. The molecule has 64 heavy (non-hydrogen) atoms. The van der Waals surface area contributed by atoms with Gasteiger partial charge in [0, 0.05) is 119 Å². The molecule has 4 aliphatic heterocycles. The average Bonchev–Trinajstić information content (AvgIpc) is 3.83. The Bertz CT molecular complexity index is 2570. The van der Waals surface area contributed by atoms with Gasteiger partial charge in [0.05, 0.1) is 23.8 Å². The van der Waals surface area contributed by atoms with Gasteiger partial charge in [-0.2, -0.15) is 5.10 Å². The molecule has 18 heteroatoms. The Morgan fingerprint density at radius 2 is 1.73 bits per heavy atom. The van der Waals surface area contributed by atoms with E-state index in [2.05, 4.69) is 21.0 Å². The normalized spacial score (nSPS) is 18.5. The Morgan fingerprint density at radius 3 is 2.45 bits per heavy atom. The zero-order chi connectivity index (χ0) is 45.2. The first-order valence-electron chi connectivity index (χ1n) is 22.4. The van der Waals surface area contributed by atoms with Gasteiger partial charge in [0.25, 0.3) is 6.43 Å². The Balaban J connectivity index is 0.835. The predicted octanol–water partition coefficient (Wildman–Crippen LogP) is 5.15. The van der Waals surface area contributed by atoms with Gasteiger partial charge < -0.3 is 25.3 Å². The molecule has 0 aliphatic carbocycles. The number of piperidine rings is 2. The molecule has 4 aliphatic rings. The van der Waals surface area contributed by atoms with Gasteiger partial charge in [-0.05, 0) is 86.4 Å². The highest BCUT2D eigenvalue weighted by Gasteiger charge is 2.34. The van der Waals surface area contributed by atoms with Crippen LogP contribution in [0.3, 0.4) is 0 Å². The number of aromatic nitrogens is 4. The fraction of sp³-hybridized carbons (Fsp3) is 0.500. The van der Waals surface area contributed by atoms with E-state index < -0.39 is 18.4 Å². The molecule has 0 saturated carbocycles. The molecule has 2 fully saturated rings. The summed E-state index contributed by atoms with van der Waals surface area (Å²) in [5, 5.41) is 23.2. The summed E-state index contributed by atoms with van der Waals surface area (Å²) in [6.45, 7) is 4.70. The molecule has 1 atom stereocenters. The summed E-state index contributed by atoms with van der Waals surface area (Å²) in [6.07, 6.45) is 7.46. The number of imidazole rings is 1. The molecule has 0 spiro atoms. The van der Waals surface area contributed by atoms with Crippen LogP contribution < -0.4 is 26.5 Å². The lowest BCUT2D eigenvalue weighted by Crippen LogP contribution is -2.48. The van der Waals surface area contributed by atoms with Crippen molar-refractivity contribution >= 4 is 51.9 Å². The number of benzene rings is 2. The highest BCUT2D eigenvalue weighted by atomic mass is 19.3. The van der Waals surface area contributed by atoms with Gasteiger partial charge in [0.15, 0.2) is 0 Å². The topological polar surface area (TPSA) is 183 Å². The number of hydrogen-bond donors (Lipinski definition) is 4. The number of amidine groups is 1. The van der Waals surface area contributed by atoms with Crippen LogP contribution in [0.2, 0.25) is 0 Å². The second-order valence-corrected chi connectivity index (χ2v) is 17.4. The number of aryl methyl sites for hydroxylation is 3. The van der Waals surface area contributed by atoms with Crippen LogP contribution in [0.25, 0.3) is 22.2 Å². The van der Waals surface area contributed by atoms with Crippen molar-refractivity contribution in [2.75, 3.05) is 49.5 Å². The number of fused-ring (bicyclic) bond motifs is 2. The van der Waals surface area contributed by atoms with Gasteiger partial charge in [0.1, 0.15) is 11.9 Å². The standard InChI is InChI=1S/C46H57F2N11O5/c1-28(60)57-21-16-36(35(27-57)44(49)58-18-7-8-29-22-33(30-25-51-54(2)26-30)34(43(47)48)24-39(29)58)52-31-14-19-56(20-15-31)42(62)9-5-4-6-17-50-32-10-11-37-40(23-32)55(3)46(64)59(37)38-12-13-41(61)53-45(38)63/h10-11,22-26,31,38,43,49-50,52H,4-9,12-21,27H2,1-3H3,(H,53,61,63). The Hall–Kier alpha value is -6.33. The van der Waals surface area contributed by atoms with Crippen LogP contribution in [0.5, 0.6) is 0 Å². The van der Waals surface area contributed by atoms with Crippen LogP contribution in [-0.4, -0.2) is 103 Å². The number of nitrogens with zero attached hydrogens (tertiary/aromatic N) is 7. The number of carbonyl (C=O) groups excluding carboxylic acids is 4. The Labute approximate surface area is 370 Å². The first-order valence-corrected chi connectivity index (χ1v) is 22.4. The highest BCUT2D eigenvalue weighted by molar-refractivity contribution is 6.09. The second-order valence-electron chi connectivity index (χ2n) is 17.4. The number of alkyl halides is 2. The Kier molecular flexibility index (Phi) is 13.0. The van der Waals surface area contributed by atoms with Crippen LogP contribution in [0.1, 0.15) is 94.7 Å². The van der Waals surface area contributed by atoms with E-state index in [1.54, 1.807) is 36.1 Å². The molecule has 0 bridgehead atoms. The number of nitrogens with one attached hydrogen (secondary N) is 4. The summed E-state index contributed by atoms with van der Waals surface area (Å²) in [5.41, 5.74) is 5.89. The molecule has 4 amide bonds. The molecule has 0 radical (unpaired) electrons. The average molecular weight is 882 g/mol. The quantitative estimate of drug-likeness (QED) is 0.0612. The monoisotopic (exact) mass is 881 g/mol. The van der Waals surface area contributed by atoms with Crippen LogP contribution in [0, 0.1) is 5.41 Å². The SMILES string of the molecule is CC(=O)N1CCC(NC2CCN(C(=O)CCCCCNc3ccc4c(c3)n(C)c(=O)n4C3CCC(=O)NC3=O)CC2)=C(C(=N)N2CCCc3cc(-c4cnn(C)c4)c(C(F)F)cc32)C1. The van der Waals surface area contributed by atoms with E-state index in [0.29, 0.717) is 85.4 Å². The van der Waals surface area contributed by atoms with E-state index in [-0.39, 0.29) is 60.2 Å². The number of likely N-dealkylation sites (tertiary alicyclic amines) is 1. The number of anilines is 2. The van der Waals surface area contributed by atoms with Crippen molar-refractivity contribution in [2.24, 2.45) is 14.1 Å². The third-order valence-corrected chi connectivity index (χ3v) is 13.2. The number of unbranched alkanes of at least 4 members (excludes halogenated alkanes) is 2. The maximum Gasteiger partial charge on any atom is 0.329 e. The highest BCUT2D eigenvalue weighted by Crippen LogP contribution is 2.40. The molecular formula is C46H57F2N11O5. The largest absolute Gasteiger partial charge is 0.385 e. The molecular weight excluding hydrogens is 825 g/mol. The number of carbonyl (C=O) groups is 4. The summed E-state index contributed by atoms with van der Waals surface area (Å²) < 4.78 is 33.7. The summed E-state index contributed by atoms with van der Waals surface area (Å²) in [6, 6.07) is 8.28. The van der Waals surface area contributed by atoms with E-state index in [0.717, 1.165) is 55.5 Å². The molecule has 4 N–H and O–H groups in total. The lowest BCUT2D eigenvalue weighted by atomic mass is 9.92. The van der Waals surface area contributed by atoms with Crippen molar-refractivity contribution in [3.63, 3.8) is 0 Å². The molecule has 6 heterocycles. The Morgan fingerprint density at radius 1 is 0.938 bits per heavy atom. The number of amides is 4. The molecule has 2 aromatic heterocycles. The summed E-state index contributed by atoms with van der Waals surface area (Å²) >= 11 is 0. The van der Waals surface area contributed by atoms with E-state index >= 15 is 0 Å². The zero-order valence-electron chi connectivity index (χ0n) is 36.7. The first-order chi connectivity index (χ1) is 30.8. The fourth-order valence-corrected chi connectivity index (χ4v) is 9.64. The van der Waals surface area contributed by atoms with E-state index in [4.69, 9.17) is 0 Å². The van der Waals surface area contributed by atoms with Gasteiger partial charge >= 0.3 is 5.69 Å². The van der Waals surface area contributed by atoms with Crippen LogP contribution in [0.15, 0.2) is 58.8 Å². The van der Waals surface area contributed by atoms with Crippen molar-refractivity contribution in [3.8, 4) is 11.1 Å². The van der Waals surface area contributed by atoms with Crippen LogP contribution in [-0.2, 0) is 39.7 Å². The maximum atomic E-state index is 14.6. The minimum Gasteiger partial charge on any atom is -0.385 e. The van der Waals surface area contributed by atoms with Crippen molar-refractivity contribution in [1.29, 1.82) is 5.41 Å². The minimum atomic E-state index is -2.72. The fourth-order valence-electron chi connectivity index (χ4n) is 9.64. The summed E-state index contributed by atoms with van der Waals surface area (Å²) in [5.74, 6) is -0.537. The molecule has 16 nitrogen and oxygen atoms in total. The van der Waals surface area contributed by atoms with Crippen molar-refractivity contribution in [3.05, 3.63) is 75.6 Å². The summed E-state index contributed by atoms with van der Waals surface area (Å²) in [4.78, 5) is 68.6. The minimum absolute atomic E-state index is 0.0792. The zero-order valence-corrected chi connectivity index (χ0v) is 36.7. The van der Waals surface area contributed by atoms with Gasteiger partial charge in [0.2, 0.25) is 23.6 Å². The van der Waals surface area contributed by atoms with E-state index in [1.807, 2.05) is 34.1 Å². The second kappa shape index (κ2) is 18.8. The molecule has 2 saturated heterocycles. The predicted molar refractivity (Wildman–Crippen MR) is 239 cm³/mol. The maximum absolute atomic E-state index is 14.6. The van der Waals surface area contributed by atoms with Gasteiger partial charge in [-0.25, -0.2) is 13.6 Å². The van der Waals surface area contributed by atoms with E-state index in [1.165, 1.54) is 22.1 Å². The number of rotatable bonds is 13. The molecule has 8 rings (SSSR count). The molecule has 340 valence electrons. The number of halogens is 2. The van der Waals surface area contributed by atoms with Gasteiger partial charge in [-0.1, -0.05) is 6.42 Å². The van der Waals surface area contributed by atoms with Crippen LogP contribution >= 0.6 is 0 Å². The lowest BCUT2D eigenvalue weighted by Gasteiger charge is -2.39. The third-order valence-electron chi connectivity index (χ3n) is 13.2. The van der Waals surface area contributed by atoms with E-state index in [9.17, 15) is 38.2 Å². The first kappa shape index (κ1) is 44.3. The van der Waals surface area contributed by atoms with Crippen molar-refractivity contribution in [2.45, 2.75) is 96.1 Å². The number of hydrogen-bond acceptors (Lipinski definition) is 9. The smallest absolute Gasteiger partial charge is 0.329 e. The summed E-state index contributed by atoms with van der Waals surface area (Å²) in [7, 11) is 3.42. The van der Waals surface area contributed by atoms with Gasteiger partial charge in [-0.3, -0.25) is 43.7 Å². The molecule has 2 aromatic carbocycles. The third kappa shape index (κ3) is 9.17. The number of imide groups is 1. The lowest BCUT2D eigenvalue weighted by molar-refractivity contribution is -0.136. The van der Waals surface area contributed by atoms with Crippen LogP contribution in [0.4, 0.5) is 20.2 Å². The van der Waals surface area contributed by atoms with Crippen molar-refractivity contribution < 1.29 is 28.0 Å². The van der Waals surface area contributed by atoms with Gasteiger partial charge in [-0.15, -0.1) is 0 Å².